The van der Waals surface area contributed by atoms with Gasteiger partial charge < -0.3 is 14.8 Å². The van der Waals surface area contributed by atoms with Crippen LogP contribution in [-0.4, -0.2) is 32.0 Å². The van der Waals surface area contributed by atoms with Crippen LogP contribution in [0.1, 0.15) is 23.1 Å². The van der Waals surface area contributed by atoms with Crippen LogP contribution in [0.25, 0.3) is 16.9 Å². The van der Waals surface area contributed by atoms with Crippen molar-refractivity contribution < 1.29 is 32.4 Å². The highest BCUT2D eigenvalue weighted by molar-refractivity contribution is 9.10. The van der Waals surface area contributed by atoms with Gasteiger partial charge in [-0.15, -0.1) is 0 Å². The average Bonchev–Trinajstić information content (AvgIpc) is 3.38. The highest BCUT2D eigenvalue weighted by Gasteiger charge is 2.35. The first kappa shape index (κ1) is 28.5. The SMILES string of the molecule is CCOc1ccc(Oc2cc(NC(=O)c3cc4nc(-c5ccc(Br)cc5)cc(C(F)(F)F)n4n3)cc([N+](=O)[O-])c2)cc1. The summed E-state index contributed by atoms with van der Waals surface area (Å²) in [7, 11) is 0. The van der Waals surface area contributed by atoms with Crippen LogP contribution in [0.4, 0.5) is 24.5 Å². The van der Waals surface area contributed by atoms with Gasteiger partial charge in [0.2, 0.25) is 0 Å². The van der Waals surface area contributed by atoms with Gasteiger partial charge in [-0.2, -0.15) is 18.3 Å². The second-order valence-corrected chi connectivity index (χ2v) is 9.68. The number of ether oxygens (including phenoxy) is 2. The van der Waals surface area contributed by atoms with Crippen molar-refractivity contribution in [1.29, 1.82) is 0 Å². The molecule has 0 aliphatic heterocycles. The minimum absolute atomic E-state index is 0.0314. The van der Waals surface area contributed by atoms with E-state index in [0.717, 1.165) is 22.7 Å². The summed E-state index contributed by atoms with van der Waals surface area (Å²) < 4.78 is 54.2. The number of non-ortho nitro benzene ring substituents is 1. The van der Waals surface area contributed by atoms with Crippen molar-refractivity contribution >= 4 is 38.9 Å². The molecule has 214 valence electrons. The van der Waals surface area contributed by atoms with Crippen molar-refractivity contribution in [2.24, 2.45) is 0 Å². The molecule has 0 aliphatic carbocycles. The number of halogens is 4. The number of nitrogens with zero attached hydrogens (tertiary/aromatic N) is 4. The molecule has 0 radical (unpaired) electrons. The molecule has 42 heavy (non-hydrogen) atoms. The van der Waals surface area contributed by atoms with Crippen molar-refractivity contribution in [3.05, 3.63) is 105 Å². The third-order valence-corrected chi connectivity index (χ3v) is 6.35. The molecule has 0 saturated carbocycles. The fourth-order valence-corrected chi connectivity index (χ4v) is 4.24. The molecule has 0 fully saturated rings. The summed E-state index contributed by atoms with van der Waals surface area (Å²) >= 11 is 3.28. The molecule has 0 unspecified atom stereocenters. The van der Waals surface area contributed by atoms with Gasteiger partial charge in [-0.05, 0) is 49.4 Å². The number of hydrogen-bond donors (Lipinski definition) is 1. The molecule has 0 bridgehead atoms. The van der Waals surface area contributed by atoms with E-state index in [0.29, 0.717) is 28.2 Å². The van der Waals surface area contributed by atoms with E-state index in [1.807, 2.05) is 6.92 Å². The molecule has 5 rings (SSSR count). The molecule has 1 N–H and O–H groups in total. The molecule has 2 aromatic heterocycles. The predicted molar refractivity (Wildman–Crippen MR) is 150 cm³/mol. The summed E-state index contributed by atoms with van der Waals surface area (Å²) in [6, 6.07) is 18.6. The van der Waals surface area contributed by atoms with Crippen molar-refractivity contribution in [1.82, 2.24) is 14.6 Å². The van der Waals surface area contributed by atoms with Gasteiger partial charge in [0.15, 0.2) is 17.0 Å². The average molecular weight is 642 g/mol. The summed E-state index contributed by atoms with van der Waals surface area (Å²) in [6.45, 7) is 2.31. The van der Waals surface area contributed by atoms with E-state index in [1.165, 1.54) is 12.1 Å². The van der Waals surface area contributed by atoms with Gasteiger partial charge in [-0.25, -0.2) is 9.50 Å². The topological polar surface area (TPSA) is 121 Å². The molecule has 0 atom stereocenters. The van der Waals surface area contributed by atoms with Crippen LogP contribution in [0.3, 0.4) is 0 Å². The Kier molecular flexibility index (Phi) is 7.81. The monoisotopic (exact) mass is 641 g/mol. The van der Waals surface area contributed by atoms with E-state index in [-0.39, 0.29) is 34.2 Å². The number of nitro benzene ring substituents is 1. The van der Waals surface area contributed by atoms with E-state index in [9.17, 15) is 28.1 Å². The normalized spacial score (nSPS) is 11.4. The van der Waals surface area contributed by atoms with E-state index in [4.69, 9.17) is 9.47 Å². The molecule has 10 nitrogen and oxygen atoms in total. The minimum atomic E-state index is -4.81. The first-order valence-corrected chi connectivity index (χ1v) is 13.0. The number of rotatable bonds is 8. The Balaban J connectivity index is 1.46. The molecule has 3 aromatic carbocycles. The van der Waals surface area contributed by atoms with Crippen LogP contribution < -0.4 is 14.8 Å². The number of carbonyl (C=O) groups is 1. The lowest BCUT2D eigenvalue weighted by Gasteiger charge is -2.11. The Morgan fingerprint density at radius 2 is 1.69 bits per heavy atom. The molecule has 1 amide bonds. The molecule has 0 saturated heterocycles. The maximum atomic E-state index is 14.0. The second-order valence-electron chi connectivity index (χ2n) is 8.76. The zero-order valence-electron chi connectivity index (χ0n) is 21.6. The Morgan fingerprint density at radius 3 is 2.33 bits per heavy atom. The molecule has 2 heterocycles. The highest BCUT2D eigenvalue weighted by Crippen LogP contribution is 2.34. The number of amides is 1. The van der Waals surface area contributed by atoms with Crippen molar-refractivity contribution in [2.75, 3.05) is 11.9 Å². The van der Waals surface area contributed by atoms with Gasteiger partial charge in [-0.1, -0.05) is 28.1 Å². The summed E-state index contributed by atoms with van der Waals surface area (Å²) in [5.41, 5.74) is -1.70. The molecule has 5 aromatic rings. The lowest BCUT2D eigenvalue weighted by Crippen LogP contribution is -2.16. The van der Waals surface area contributed by atoms with Gasteiger partial charge in [0.1, 0.15) is 17.2 Å². The Morgan fingerprint density at radius 1 is 1.00 bits per heavy atom. The first-order chi connectivity index (χ1) is 20.0. The van der Waals surface area contributed by atoms with Crippen LogP contribution in [0.15, 0.2) is 83.3 Å². The number of benzene rings is 3. The largest absolute Gasteiger partial charge is 0.494 e. The molecular formula is C28H19BrF3N5O5. The number of anilines is 1. The van der Waals surface area contributed by atoms with Crippen molar-refractivity contribution in [3.63, 3.8) is 0 Å². The number of alkyl halides is 3. The summed E-state index contributed by atoms with van der Waals surface area (Å²) in [5.74, 6) is 0.0884. The zero-order chi connectivity index (χ0) is 30.0. The lowest BCUT2D eigenvalue weighted by molar-refractivity contribution is -0.384. The van der Waals surface area contributed by atoms with Crippen molar-refractivity contribution in [2.45, 2.75) is 13.1 Å². The summed E-state index contributed by atoms with van der Waals surface area (Å²) in [5, 5.41) is 17.8. The first-order valence-electron chi connectivity index (χ1n) is 12.3. The Labute approximate surface area is 244 Å². The van der Waals surface area contributed by atoms with Crippen LogP contribution >= 0.6 is 15.9 Å². The number of nitrogens with one attached hydrogen (secondary N) is 1. The third kappa shape index (κ3) is 6.33. The number of carbonyl (C=O) groups excluding carboxylic acids is 1. The molecule has 14 heteroatoms. The Hall–Kier alpha value is -4.98. The fourth-order valence-electron chi connectivity index (χ4n) is 3.98. The van der Waals surface area contributed by atoms with Crippen LogP contribution in [-0.2, 0) is 6.18 Å². The highest BCUT2D eigenvalue weighted by atomic mass is 79.9. The maximum Gasteiger partial charge on any atom is 0.433 e. The maximum absolute atomic E-state index is 14.0. The molecular weight excluding hydrogens is 623 g/mol. The summed E-state index contributed by atoms with van der Waals surface area (Å²) in [6.07, 6.45) is -4.81. The van der Waals surface area contributed by atoms with Crippen LogP contribution in [0.5, 0.6) is 17.2 Å². The van der Waals surface area contributed by atoms with Gasteiger partial charge in [0.25, 0.3) is 11.6 Å². The van der Waals surface area contributed by atoms with Gasteiger partial charge in [-0.3, -0.25) is 14.9 Å². The number of nitro groups is 1. The quantitative estimate of drug-likeness (QED) is 0.137. The predicted octanol–water partition coefficient (Wildman–Crippen LogP) is 7.53. The van der Waals surface area contributed by atoms with Gasteiger partial charge >= 0.3 is 6.18 Å². The van der Waals surface area contributed by atoms with E-state index < -0.39 is 22.7 Å². The van der Waals surface area contributed by atoms with E-state index in [2.05, 4.69) is 31.3 Å². The number of aromatic nitrogens is 3. The number of fused-ring (bicyclic) bond motifs is 1. The smallest absolute Gasteiger partial charge is 0.433 e. The van der Waals surface area contributed by atoms with E-state index >= 15 is 0 Å². The van der Waals surface area contributed by atoms with Gasteiger partial charge in [0, 0.05) is 28.2 Å². The second kappa shape index (κ2) is 11.5. The molecule has 0 spiro atoms. The van der Waals surface area contributed by atoms with E-state index in [1.54, 1.807) is 48.5 Å². The number of hydrogen-bond acceptors (Lipinski definition) is 7. The standard InChI is InChI=1S/C28H19BrF3N5O5/c1-2-41-20-7-9-21(10-8-20)42-22-12-18(11-19(13-22)37(39)40)33-27(38)24-15-26-34-23(16-3-5-17(29)6-4-16)14-25(28(30,31)32)36(26)35-24/h3-15H,2H2,1H3,(H,33,38). The fraction of sp³-hybridized carbons (Fsp3) is 0.107. The minimum Gasteiger partial charge on any atom is -0.494 e. The Bertz CT molecular complexity index is 1790. The van der Waals surface area contributed by atoms with Gasteiger partial charge in [0.05, 0.1) is 29.0 Å². The van der Waals surface area contributed by atoms with Crippen LogP contribution in [0, 0.1) is 10.1 Å². The summed E-state index contributed by atoms with van der Waals surface area (Å²) in [4.78, 5) is 28.2. The van der Waals surface area contributed by atoms with Crippen molar-refractivity contribution in [3.8, 4) is 28.5 Å². The lowest BCUT2D eigenvalue weighted by atomic mass is 10.1. The molecule has 0 aliphatic rings. The third-order valence-electron chi connectivity index (χ3n) is 5.82. The zero-order valence-corrected chi connectivity index (χ0v) is 23.1. The van der Waals surface area contributed by atoms with Crippen LogP contribution in [0.2, 0.25) is 0 Å².